The topological polar surface area (TPSA) is 33.1 Å². The van der Waals surface area contributed by atoms with Gasteiger partial charge in [0.1, 0.15) is 11.3 Å². The average molecular weight is 313 g/mol. The van der Waals surface area contributed by atoms with E-state index in [0.717, 1.165) is 23.0 Å². The van der Waals surface area contributed by atoms with Gasteiger partial charge in [-0.2, -0.15) is 0 Å². The molecule has 0 atom stereocenters. The summed E-state index contributed by atoms with van der Waals surface area (Å²) >= 11 is 0. The molecule has 1 heterocycles. The number of hydrogen-bond donors (Lipinski definition) is 1. The number of aromatic hydroxyl groups is 1. The van der Waals surface area contributed by atoms with Crippen molar-refractivity contribution < 1.29 is 5.11 Å². The molecule has 2 aromatic rings. The predicted octanol–water partition coefficient (Wildman–Crippen LogP) is 6.40. The van der Waals surface area contributed by atoms with Crippen molar-refractivity contribution in [2.24, 2.45) is 0 Å². The van der Waals surface area contributed by atoms with Crippen LogP contribution in [0.15, 0.2) is 30.3 Å². The van der Waals surface area contributed by atoms with Crippen LogP contribution in [0.25, 0.3) is 10.9 Å². The molecule has 0 aliphatic carbocycles. The molecule has 0 amide bonds. The zero-order valence-electron chi connectivity index (χ0n) is 14.6. The Balaban J connectivity index is 1.60. The first-order valence-corrected chi connectivity index (χ1v) is 9.39. The number of phenolic OH excluding ortho intramolecular Hbond substituents is 1. The summed E-state index contributed by atoms with van der Waals surface area (Å²) in [5.74, 6) is 0.285. The lowest BCUT2D eigenvalue weighted by atomic mass is 10.0. The van der Waals surface area contributed by atoms with E-state index in [9.17, 15) is 5.11 Å². The Morgan fingerprint density at radius 2 is 1.43 bits per heavy atom. The highest BCUT2D eigenvalue weighted by atomic mass is 16.3. The van der Waals surface area contributed by atoms with Crippen molar-refractivity contribution in [3.8, 4) is 5.75 Å². The van der Waals surface area contributed by atoms with Crippen molar-refractivity contribution >= 4 is 10.9 Å². The highest BCUT2D eigenvalue weighted by Crippen LogP contribution is 2.23. The molecule has 126 valence electrons. The van der Waals surface area contributed by atoms with E-state index in [2.05, 4.69) is 24.0 Å². The number of nitrogens with zero attached hydrogens (tertiary/aromatic N) is 1. The molecule has 0 spiro atoms. The maximum Gasteiger partial charge on any atom is 0.141 e. The van der Waals surface area contributed by atoms with E-state index in [-0.39, 0.29) is 5.75 Å². The quantitative estimate of drug-likeness (QED) is 0.487. The number of rotatable bonds is 11. The van der Waals surface area contributed by atoms with Gasteiger partial charge in [0.2, 0.25) is 0 Å². The van der Waals surface area contributed by atoms with E-state index < -0.39 is 0 Å². The molecule has 1 aromatic carbocycles. The molecule has 23 heavy (non-hydrogen) atoms. The van der Waals surface area contributed by atoms with Gasteiger partial charge in [-0.3, -0.25) is 0 Å². The van der Waals surface area contributed by atoms with Gasteiger partial charge in [-0.25, -0.2) is 4.98 Å². The number of para-hydroxylation sites is 1. The fourth-order valence-corrected chi connectivity index (χ4v) is 3.10. The highest BCUT2D eigenvalue weighted by Gasteiger charge is 2.02. The lowest BCUT2D eigenvalue weighted by molar-refractivity contribution is 0.480. The first-order valence-electron chi connectivity index (χ1n) is 9.39. The molecular formula is C21H31NO. The summed E-state index contributed by atoms with van der Waals surface area (Å²) in [5, 5.41) is 10.9. The molecule has 1 N–H and O–H groups in total. The van der Waals surface area contributed by atoms with E-state index in [4.69, 9.17) is 0 Å². The number of pyridine rings is 1. The zero-order chi connectivity index (χ0) is 16.3. The summed E-state index contributed by atoms with van der Waals surface area (Å²) in [4.78, 5) is 4.60. The molecular weight excluding hydrogens is 282 g/mol. The molecule has 0 aliphatic heterocycles. The molecule has 2 heteroatoms. The molecule has 0 bridgehead atoms. The van der Waals surface area contributed by atoms with Gasteiger partial charge < -0.3 is 5.11 Å². The lowest BCUT2D eigenvalue weighted by Crippen LogP contribution is -1.91. The number of aromatic nitrogens is 1. The Labute approximate surface area is 141 Å². The van der Waals surface area contributed by atoms with Gasteiger partial charge in [-0.15, -0.1) is 0 Å². The van der Waals surface area contributed by atoms with Gasteiger partial charge in [-0.05, 0) is 25.0 Å². The molecule has 1 aromatic heterocycles. The van der Waals surface area contributed by atoms with Crippen molar-refractivity contribution in [2.45, 2.75) is 77.6 Å². The predicted molar refractivity (Wildman–Crippen MR) is 99.0 cm³/mol. The maximum atomic E-state index is 9.88. The van der Waals surface area contributed by atoms with Crippen molar-refractivity contribution in [1.29, 1.82) is 0 Å². The summed E-state index contributed by atoms with van der Waals surface area (Å²) in [7, 11) is 0. The van der Waals surface area contributed by atoms with Crippen LogP contribution < -0.4 is 0 Å². The molecule has 0 aliphatic rings. The first-order chi connectivity index (χ1) is 11.3. The molecule has 2 nitrogen and oxygen atoms in total. The summed E-state index contributed by atoms with van der Waals surface area (Å²) in [6, 6.07) is 9.72. The largest absolute Gasteiger partial charge is 0.506 e. The Hall–Kier alpha value is -1.57. The minimum Gasteiger partial charge on any atom is -0.506 e. The Morgan fingerprint density at radius 3 is 2.13 bits per heavy atom. The van der Waals surface area contributed by atoms with E-state index in [1.807, 2.05) is 12.1 Å². The van der Waals surface area contributed by atoms with Gasteiger partial charge in [-0.1, -0.05) is 82.9 Å². The number of fused-ring (bicyclic) bond motifs is 1. The number of hydrogen-bond acceptors (Lipinski definition) is 2. The van der Waals surface area contributed by atoms with Crippen molar-refractivity contribution in [1.82, 2.24) is 4.98 Å². The van der Waals surface area contributed by atoms with Gasteiger partial charge in [0.05, 0.1) is 0 Å². The normalized spacial score (nSPS) is 11.2. The highest BCUT2D eigenvalue weighted by molar-refractivity contribution is 5.84. The van der Waals surface area contributed by atoms with Gasteiger partial charge >= 0.3 is 0 Å². The molecule has 0 saturated carbocycles. The SMILES string of the molecule is CCCCCCCCCCCCc1ccc2cccc(O)c2n1. The van der Waals surface area contributed by atoms with Crippen LogP contribution in [0.3, 0.4) is 0 Å². The second-order valence-corrected chi connectivity index (χ2v) is 6.58. The third kappa shape index (κ3) is 6.21. The summed E-state index contributed by atoms with van der Waals surface area (Å²) in [6.07, 6.45) is 14.6. The third-order valence-corrected chi connectivity index (χ3v) is 4.54. The minimum absolute atomic E-state index is 0.285. The van der Waals surface area contributed by atoms with Crippen LogP contribution >= 0.6 is 0 Å². The Bertz CT molecular complexity index is 579. The second kappa shape index (κ2) is 10.3. The van der Waals surface area contributed by atoms with Crippen molar-refractivity contribution in [3.63, 3.8) is 0 Å². The average Bonchev–Trinajstić information content (AvgIpc) is 2.57. The molecule has 0 fully saturated rings. The van der Waals surface area contributed by atoms with Crippen LogP contribution in [0, 0.1) is 0 Å². The minimum atomic E-state index is 0.285. The van der Waals surface area contributed by atoms with E-state index >= 15 is 0 Å². The first kappa shape index (κ1) is 17.8. The van der Waals surface area contributed by atoms with Crippen LogP contribution in [0.1, 0.15) is 76.8 Å². The van der Waals surface area contributed by atoms with Crippen LogP contribution in [-0.4, -0.2) is 10.1 Å². The number of aryl methyl sites for hydroxylation is 1. The van der Waals surface area contributed by atoms with Gasteiger partial charge in [0.25, 0.3) is 0 Å². The molecule has 0 unspecified atom stereocenters. The number of phenols is 1. The zero-order valence-corrected chi connectivity index (χ0v) is 14.6. The smallest absolute Gasteiger partial charge is 0.141 e. The van der Waals surface area contributed by atoms with Crippen LogP contribution in [0.4, 0.5) is 0 Å². The van der Waals surface area contributed by atoms with E-state index in [1.165, 1.54) is 64.2 Å². The van der Waals surface area contributed by atoms with Gasteiger partial charge in [0.15, 0.2) is 0 Å². The Morgan fingerprint density at radius 1 is 0.783 bits per heavy atom. The fourth-order valence-electron chi connectivity index (χ4n) is 3.10. The standard InChI is InChI=1S/C21H31NO/c1-2-3-4-5-6-7-8-9-10-11-14-19-17-16-18-13-12-15-20(23)21(18)22-19/h12-13,15-17,23H,2-11,14H2,1H3. The fraction of sp³-hybridized carbons (Fsp3) is 0.571. The van der Waals surface area contributed by atoms with Crippen LogP contribution in [0.2, 0.25) is 0 Å². The number of unbranched alkanes of at least 4 members (excludes halogenated alkanes) is 9. The monoisotopic (exact) mass is 313 g/mol. The van der Waals surface area contributed by atoms with Crippen molar-refractivity contribution in [2.75, 3.05) is 0 Å². The summed E-state index contributed by atoms with van der Waals surface area (Å²) in [5.41, 5.74) is 1.83. The van der Waals surface area contributed by atoms with Crippen LogP contribution in [-0.2, 0) is 6.42 Å². The molecule has 0 radical (unpaired) electrons. The lowest BCUT2D eigenvalue weighted by Gasteiger charge is -2.05. The second-order valence-electron chi connectivity index (χ2n) is 6.58. The maximum absolute atomic E-state index is 9.88. The van der Waals surface area contributed by atoms with Crippen molar-refractivity contribution in [3.05, 3.63) is 36.0 Å². The van der Waals surface area contributed by atoms with Crippen LogP contribution in [0.5, 0.6) is 5.75 Å². The summed E-state index contributed by atoms with van der Waals surface area (Å²) in [6.45, 7) is 2.27. The number of benzene rings is 1. The van der Waals surface area contributed by atoms with Gasteiger partial charge in [0, 0.05) is 11.1 Å². The van der Waals surface area contributed by atoms with E-state index in [1.54, 1.807) is 6.07 Å². The Kier molecular flexibility index (Phi) is 7.92. The summed E-state index contributed by atoms with van der Waals surface area (Å²) < 4.78 is 0. The molecule has 0 saturated heterocycles. The van der Waals surface area contributed by atoms with E-state index in [0.29, 0.717) is 0 Å². The molecule has 2 rings (SSSR count). The third-order valence-electron chi connectivity index (χ3n) is 4.54.